The maximum Gasteiger partial charge on any atom is 0.394 e. The van der Waals surface area contributed by atoms with Gasteiger partial charge in [-0.2, -0.15) is 8.42 Å². The molecular formula is C3H16Al2O5S. The molecule has 11 heavy (non-hydrogen) atoms. The molecule has 0 aliphatic carbocycles. The number of aliphatic hydroxyl groups excluding tert-OH is 1. The van der Waals surface area contributed by atoms with E-state index in [1.54, 1.807) is 13.8 Å². The van der Waals surface area contributed by atoms with Gasteiger partial charge in [0, 0.05) is 6.10 Å². The summed E-state index contributed by atoms with van der Waals surface area (Å²) in [6.45, 7) is 3.44. The molecule has 0 aromatic carbocycles. The molecule has 0 saturated heterocycles. The van der Waals surface area contributed by atoms with Crippen molar-refractivity contribution in [2.75, 3.05) is 0 Å². The van der Waals surface area contributed by atoms with Crippen LogP contribution in [0.2, 0.25) is 0 Å². The fourth-order valence-corrected chi connectivity index (χ4v) is 0. The molecule has 0 amide bonds. The first-order chi connectivity index (χ1) is 3.73. The smallest absolute Gasteiger partial charge is 0.394 e. The van der Waals surface area contributed by atoms with Crippen molar-refractivity contribution in [1.82, 2.24) is 0 Å². The first-order valence-electron chi connectivity index (χ1n) is 2.11. The highest BCUT2D eigenvalue weighted by Crippen LogP contribution is 1.65. The van der Waals surface area contributed by atoms with Crippen LogP contribution in [-0.2, 0) is 10.4 Å². The fraction of sp³-hybridized carbons (Fsp3) is 1.00. The third kappa shape index (κ3) is 1080. The van der Waals surface area contributed by atoms with Gasteiger partial charge in [-0.1, -0.05) is 0 Å². The van der Waals surface area contributed by atoms with Crippen LogP contribution in [0.5, 0.6) is 0 Å². The Morgan fingerprint density at radius 1 is 1.09 bits per heavy atom. The van der Waals surface area contributed by atoms with Crippen LogP contribution in [0.3, 0.4) is 0 Å². The van der Waals surface area contributed by atoms with Gasteiger partial charge in [0.15, 0.2) is 34.7 Å². The van der Waals surface area contributed by atoms with Gasteiger partial charge >= 0.3 is 10.4 Å². The minimum Gasteiger partial charge on any atom is -0.394 e. The van der Waals surface area contributed by atoms with Crippen LogP contribution >= 0.6 is 0 Å². The molecule has 3 N–H and O–H groups in total. The lowest BCUT2D eigenvalue weighted by Gasteiger charge is -1.80. The summed E-state index contributed by atoms with van der Waals surface area (Å²) < 4.78 is 31.6. The van der Waals surface area contributed by atoms with E-state index in [9.17, 15) is 0 Å². The molecule has 0 spiro atoms. The van der Waals surface area contributed by atoms with Gasteiger partial charge in [-0.05, 0) is 13.8 Å². The van der Waals surface area contributed by atoms with Crippen molar-refractivity contribution in [3.63, 3.8) is 0 Å². The average Bonchev–Trinajstić information content (AvgIpc) is 1.19. The normalized spacial score (nSPS) is 8.55. The highest BCUT2D eigenvalue weighted by atomic mass is 32.3. The molecule has 70 valence electrons. The largest absolute Gasteiger partial charge is 0.394 e. The zero-order valence-corrected chi connectivity index (χ0v) is 5.96. The highest BCUT2D eigenvalue weighted by Gasteiger charge is 1.84. The summed E-state index contributed by atoms with van der Waals surface area (Å²) >= 11 is 0. The first-order valence-corrected chi connectivity index (χ1v) is 3.51. The standard InChI is InChI=1S/C3H8O.2Al.H2O4S.6H/c1-3(2)4;;;1-5(2,3)4;;;;;;/h3-4H,1-2H3;;;(H2,1,2,3,4);;;;;;. The van der Waals surface area contributed by atoms with Gasteiger partial charge in [-0.15, -0.1) is 0 Å². The topological polar surface area (TPSA) is 94.8 Å². The Balaban J connectivity index is -0.0000000383. The Kier molecular flexibility index (Phi) is 22.4. The second-order valence-corrected chi connectivity index (χ2v) is 2.44. The maximum absolute atomic E-state index is 8.74. The van der Waals surface area contributed by atoms with Gasteiger partial charge in [-0.25, -0.2) is 0 Å². The van der Waals surface area contributed by atoms with Crippen LogP contribution in [0.25, 0.3) is 0 Å². The lowest BCUT2D eigenvalue weighted by atomic mass is 10.5. The van der Waals surface area contributed by atoms with Gasteiger partial charge in [0.05, 0.1) is 0 Å². The Bertz CT molecular complexity index is 131. The minimum absolute atomic E-state index is 0. The van der Waals surface area contributed by atoms with E-state index in [0.717, 1.165) is 0 Å². The minimum atomic E-state index is -4.67. The summed E-state index contributed by atoms with van der Waals surface area (Å²) in [7, 11) is -4.67. The van der Waals surface area contributed by atoms with Gasteiger partial charge in [-0.3, -0.25) is 9.11 Å². The average molecular weight is 218 g/mol. The molecule has 0 aromatic rings. The summed E-state index contributed by atoms with van der Waals surface area (Å²) in [6.07, 6.45) is -0.167. The summed E-state index contributed by atoms with van der Waals surface area (Å²) in [5.74, 6) is 0. The van der Waals surface area contributed by atoms with Crippen molar-refractivity contribution in [2.45, 2.75) is 20.0 Å². The second-order valence-electron chi connectivity index (χ2n) is 1.54. The number of rotatable bonds is 0. The van der Waals surface area contributed by atoms with Crippen molar-refractivity contribution < 1.29 is 22.6 Å². The molecular weight excluding hydrogens is 202 g/mol. The SMILES string of the molecule is CC(C)O.O=S(=O)(O)O.[AlH3].[AlH3]. The maximum atomic E-state index is 8.74. The van der Waals surface area contributed by atoms with E-state index < -0.39 is 10.4 Å². The van der Waals surface area contributed by atoms with E-state index in [0.29, 0.717) is 0 Å². The Morgan fingerprint density at radius 3 is 1.09 bits per heavy atom. The third-order valence-electron chi connectivity index (χ3n) is 0. The lowest BCUT2D eigenvalue weighted by molar-refractivity contribution is 0.216. The van der Waals surface area contributed by atoms with Crippen LogP contribution in [0.15, 0.2) is 0 Å². The number of aliphatic hydroxyl groups is 1. The van der Waals surface area contributed by atoms with Crippen LogP contribution in [-0.4, -0.2) is 63.5 Å². The molecule has 0 unspecified atom stereocenters. The zero-order valence-electron chi connectivity index (χ0n) is 5.14. The van der Waals surface area contributed by atoms with E-state index >= 15 is 0 Å². The van der Waals surface area contributed by atoms with Gasteiger partial charge < -0.3 is 5.11 Å². The second kappa shape index (κ2) is 10.9. The molecule has 8 heteroatoms. The Hall–Kier alpha value is 0.895. The molecule has 0 aromatic heterocycles. The van der Waals surface area contributed by atoms with Crippen molar-refractivity contribution in [3.05, 3.63) is 0 Å². The summed E-state index contributed by atoms with van der Waals surface area (Å²) in [5.41, 5.74) is 0. The van der Waals surface area contributed by atoms with E-state index in [1.165, 1.54) is 0 Å². The molecule has 0 heterocycles. The van der Waals surface area contributed by atoms with Gasteiger partial charge in [0.2, 0.25) is 0 Å². The lowest BCUT2D eigenvalue weighted by Crippen LogP contribution is -1.89. The number of hydrogen-bond donors (Lipinski definition) is 3. The molecule has 5 nitrogen and oxygen atoms in total. The summed E-state index contributed by atoms with van der Waals surface area (Å²) in [5, 5.41) is 8.06. The fourth-order valence-electron chi connectivity index (χ4n) is 0. The third-order valence-corrected chi connectivity index (χ3v) is 0. The van der Waals surface area contributed by atoms with E-state index in [1.807, 2.05) is 0 Å². The molecule has 0 fully saturated rings. The summed E-state index contributed by atoms with van der Waals surface area (Å²) in [6, 6.07) is 0. The van der Waals surface area contributed by atoms with Crippen molar-refractivity contribution in [1.29, 1.82) is 0 Å². The molecule has 0 radical (unpaired) electrons. The van der Waals surface area contributed by atoms with Crippen LogP contribution in [0, 0.1) is 0 Å². The molecule has 0 aliphatic rings. The zero-order chi connectivity index (χ0) is 8.08. The van der Waals surface area contributed by atoms with Crippen LogP contribution in [0.4, 0.5) is 0 Å². The van der Waals surface area contributed by atoms with Crippen LogP contribution in [0.1, 0.15) is 13.8 Å². The predicted octanol–water partition coefficient (Wildman–Crippen LogP) is -2.63. The van der Waals surface area contributed by atoms with Gasteiger partial charge in [0.1, 0.15) is 0 Å². The van der Waals surface area contributed by atoms with E-state index in [-0.39, 0.29) is 40.8 Å². The molecule has 0 bridgehead atoms. The van der Waals surface area contributed by atoms with Gasteiger partial charge in [0.25, 0.3) is 0 Å². The highest BCUT2D eigenvalue weighted by molar-refractivity contribution is 7.79. The summed E-state index contributed by atoms with van der Waals surface area (Å²) in [4.78, 5) is 0. The molecule has 0 atom stereocenters. The quantitative estimate of drug-likeness (QED) is 0.305. The molecule has 0 aliphatic heterocycles. The monoisotopic (exact) mass is 218 g/mol. The predicted molar refractivity (Wildman–Crippen MR) is 51.4 cm³/mol. The van der Waals surface area contributed by atoms with E-state index in [2.05, 4.69) is 0 Å². The van der Waals surface area contributed by atoms with Crippen molar-refractivity contribution in [2.24, 2.45) is 0 Å². The molecule has 0 saturated carbocycles. The number of hydrogen-bond acceptors (Lipinski definition) is 3. The Morgan fingerprint density at radius 2 is 1.09 bits per heavy atom. The van der Waals surface area contributed by atoms with Crippen molar-refractivity contribution >= 4 is 45.1 Å². The molecule has 0 rings (SSSR count). The van der Waals surface area contributed by atoms with Crippen LogP contribution < -0.4 is 0 Å². The Labute approximate surface area is 87.6 Å². The van der Waals surface area contributed by atoms with Crippen molar-refractivity contribution in [3.8, 4) is 0 Å². The first kappa shape index (κ1) is 22.7. The van der Waals surface area contributed by atoms with E-state index in [4.69, 9.17) is 22.6 Å².